The van der Waals surface area contributed by atoms with Gasteiger partial charge in [0, 0.05) is 17.0 Å². The van der Waals surface area contributed by atoms with E-state index in [2.05, 4.69) is 4.99 Å². The number of methoxy groups -OCH3 is 1. The molecule has 1 aromatic heterocycles. The molecule has 1 aliphatic heterocycles. The maximum absolute atomic E-state index is 12.9. The van der Waals surface area contributed by atoms with Crippen LogP contribution in [0.4, 0.5) is 0 Å². The fraction of sp³-hybridized carbons (Fsp3) is 0.250. The molecule has 1 amide bonds. The fourth-order valence-corrected chi connectivity index (χ4v) is 4.63. The monoisotopic (exact) mass is 430 g/mol. The number of thiazole rings is 1. The van der Waals surface area contributed by atoms with Gasteiger partial charge < -0.3 is 18.8 Å². The van der Waals surface area contributed by atoms with Crippen LogP contribution in [0.5, 0.6) is 11.5 Å². The van der Waals surface area contributed by atoms with Crippen LogP contribution in [0.15, 0.2) is 46.3 Å². The molecule has 4 rings (SSSR count). The van der Waals surface area contributed by atoms with Crippen LogP contribution < -0.4 is 14.3 Å². The van der Waals surface area contributed by atoms with Crippen molar-refractivity contribution in [2.75, 3.05) is 26.6 Å². The van der Waals surface area contributed by atoms with Gasteiger partial charge in [-0.05, 0) is 18.4 Å². The van der Waals surface area contributed by atoms with Crippen molar-refractivity contribution >= 4 is 45.2 Å². The second-order valence-corrected chi connectivity index (χ2v) is 7.98. The van der Waals surface area contributed by atoms with Crippen LogP contribution in [0, 0.1) is 0 Å². The number of fused-ring (bicyclic) bond motifs is 2. The molecule has 7 nitrogen and oxygen atoms in total. The molecular weight excluding hydrogens is 412 g/mol. The summed E-state index contributed by atoms with van der Waals surface area (Å²) >= 11 is 2.79. The van der Waals surface area contributed by atoms with Gasteiger partial charge in [0.1, 0.15) is 19.8 Å². The Morgan fingerprint density at radius 1 is 1.21 bits per heavy atom. The van der Waals surface area contributed by atoms with E-state index in [0.717, 1.165) is 15.1 Å². The van der Waals surface area contributed by atoms with Gasteiger partial charge in [-0.2, -0.15) is 4.99 Å². The Morgan fingerprint density at radius 3 is 2.66 bits per heavy atom. The second-order valence-electron chi connectivity index (χ2n) is 6.13. The third-order valence-electron chi connectivity index (χ3n) is 4.40. The van der Waals surface area contributed by atoms with Gasteiger partial charge in [0.2, 0.25) is 0 Å². The van der Waals surface area contributed by atoms with Crippen molar-refractivity contribution < 1.29 is 23.8 Å². The first-order valence-electron chi connectivity index (χ1n) is 8.82. The van der Waals surface area contributed by atoms with Gasteiger partial charge in [0.05, 0.1) is 22.9 Å². The summed E-state index contributed by atoms with van der Waals surface area (Å²) in [5, 5.41) is 0. The summed E-state index contributed by atoms with van der Waals surface area (Å²) in [5.74, 6) is 0.446. The number of hydrogen-bond acceptors (Lipinski definition) is 7. The molecule has 9 heteroatoms. The smallest absolute Gasteiger partial charge is 0.325 e. The van der Waals surface area contributed by atoms with Crippen LogP contribution in [0.25, 0.3) is 10.2 Å². The SMILES string of the molecule is COC(=O)Cn1c(=NC(=O)c2ccccc2SC)sc2cc3c(cc21)OCCO3. The van der Waals surface area contributed by atoms with Crippen LogP contribution in [-0.2, 0) is 16.1 Å². The number of ether oxygens (including phenoxy) is 3. The molecule has 3 aromatic rings. The Kier molecular flexibility index (Phi) is 5.59. The zero-order valence-electron chi connectivity index (χ0n) is 15.8. The molecule has 29 heavy (non-hydrogen) atoms. The van der Waals surface area contributed by atoms with Crippen molar-refractivity contribution in [3.05, 3.63) is 46.8 Å². The van der Waals surface area contributed by atoms with Gasteiger partial charge in [0.15, 0.2) is 16.3 Å². The topological polar surface area (TPSA) is 79.1 Å². The van der Waals surface area contributed by atoms with Crippen molar-refractivity contribution in [3.63, 3.8) is 0 Å². The Hall–Kier alpha value is -2.78. The van der Waals surface area contributed by atoms with Gasteiger partial charge in [-0.1, -0.05) is 23.5 Å². The number of carbonyl (C=O) groups is 2. The Labute approximate surface area is 174 Å². The van der Waals surface area contributed by atoms with E-state index in [1.165, 1.54) is 30.2 Å². The van der Waals surface area contributed by atoms with E-state index in [-0.39, 0.29) is 12.5 Å². The Morgan fingerprint density at radius 2 is 1.93 bits per heavy atom. The largest absolute Gasteiger partial charge is 0.486 e. The van der Waals surface area contributed by atoms with Crippen molar-refractivity contribution in [2.24, 2.45) is 4.99 Å². The van der Waals surface area contributed by atoms with E-state index in [4.69, 9.17) is 14.2 Å². The fourth-order valence-electron chi connectivity index (χ4n) is 3.01. The minimum atomic E-state index is -0.432. The lowest BCUT2D eigenvalue weighted by molar-refractivity contribution is -0.141. The molecule has 0 aliphatic carbocycles. The molecule has 0 saturated heterocycles. The van der Waals surface area contributed by atoms with E-state index in [9.17, 15) is 9.59 Å². The average molecular weight is 431 g/mol. The highest BCUT2D eigenvalue weighted by Crippen LogP contribution is 2.35. The van der Waals surface area contributed by atoms with Crippen LogP contribution in [0.1, 0.15) is 10.4 Å². The molecule has 0 spiro atoms. The summed E-state index contributed by atoms with van der Waals surface area (Å²) in [7, 11) is 1.33. The number of carbonyl (C=O) groups excluding carboxylic acids is 2. The summed E-state index contributed by atoms with van der Waals surface area (Å²) in [6.07, 6.45) is 1.91. The van der Waals surface area contributed by atoms with Crippen LogP contribution in [-0.4, -0.2) is 43.0 Å². The van der Waals surface area contributed by atoms with Crippen LogP contribution in [0.3, 0.4) is 0 Å². The average Bonchev–Trinajstić information content (AvgIpc) is 3.07. The van der Waals surface area contributed by atoms with E-state index < -0.39 is 5.97 Å². The summed E-state index contributed by atoms with van der Waals surface area (Å²) in [6, 6.07) is 11.0. The van der Waals surface area contributed by atoms with E-state index >= 15 is 0 Å². The lowest BCUT2D eigenvalue weighted by atomic mass is 10.2. The van der Waals surface area contributed by atoms with Crippen molar-refractivity contribution in [1.82, 2.24) is 4.57 Å². The number of thioether (sulfide) groups is 1. The number of esters is 1. The first-order chi connectivity index (χ1) is 14.1. The first kappa shape index (κ1) is 19.5. The summed E-state index contributed by atoms with van der Waals surface area (Å²) in [4.78, 5) is 30.5. The van der Waals surface area contributed by atoms with Gasteiger partial charge in [-0.25, -0.2) is 0 Å². The number of benzene rings is 2. The first-order valence-corrected chi connectivity index (χ1v) is 10.9. The molecule has 0 unspecified atom stereocenters. The number of amides is 1. The lowest BCUT2D eigenvalue weighted by Crippen LogP contribution is -2.22. The van der Waals surface area contributed by atoms with Crippen LogP contribution >= 0.6 is 23.1 Å². The summed E-state index contributed by atoms with van der Waals surface area (Å²) in [5.41, 5.74) is 1.25. The quantitative estimate of drug-likeness (QED) is 0.468. The molecule has 0 saturated carbocycles. The standard InChI is InChI=1S/C20H18N2O5S2/c1-25-18(23)11-22-13-9-14-15(27-8-7-26-14)10-17(13)29-20(22)21-19(24)12-5-3-4-6-16(12)28-2/h3-6,9-10H,7-8,11H2,1-2H3. The van der Waals surface area contributed by atoms with E-state index in [1.54, 1.807) is 16.7 Å². The maximum atomic E-state index is 12.9. The molecule has 150 valence electrons. The maximum Gasteiger partial charge on any atom is 0.325 e. The molecule has 0 bridgehead atoms. The number of nitrogens with zero attached hydrogens (tertiary/aromatic N) is 2. The molecule has 2 aromatic carbocycles. The highest BCUT2D eigenvalue weighted by Gasteiger charge is 2.19. The normalized spacial score (nSPS) is 13.5. The molecule has 0 atom stereocenters. The third kappa shape index (κ3) is 3.88. The number of aromatic nitrogens is 1. The molecule has 0 radical (unpaired) electrons. The predicted molar refractivity (Wildman–Crippen MR) is 111 cm³/mol. The molecule has 0 N–H and O–H groups in total. The zero-order chi connectivity index (χ0) is 20.4. The zero-order valence-corrected chi connectivity index (χ0v) is 17.5. The summed E-state index contributed by atoms with van der Waals surface area (Å²) < 4.78 is 18.6. The summed E-state index contributed by atoms with van der Waals surface area (Å²) in [6.45, 7) is 0.875. The highest BCUT2D eigenvalue weighted by molar-refractivity contribution is 7.98. The van der Waals surface area contributed by atoms with Gasteiger partial charge in [-0.3, -0.25) is 9.59 Å². The van der Waals surface area contributed by atoms with E-state index in [1.807, 2.05) is 30.5 Å². The number of hydrogen-bond donors (Lipinski definition) is 0. The Balaban J connectivity index is 1.87. The van der Waals surface area contributed by atoms with Gasteiger partial charge in [0.25, 0.3) is 5.91 Å². The van der Waals surface area contributed by atoms with E-state index in [0.29, 0.717) is 35.1 Å². The minimum Gasteiger partial charge on any atom is -0.486 e. The van der Waals surface area contributed by atoms with Crippen molar-refractivity contribution in [2.45, 2.75) is 11.4 Å². The molecular formula is C20H18N2O5S2. The molecule has 1 aliphatic rings. The van der Waals surface area contributed by atoms with Crippen molar-refractivity contribution in [3.8, 4) is 11.5 Å². The van der Waals surface area contributed by atoms with Crippen molar-refractivity contribution in [1.29, 1.82) is 0 Å². The van der Waals surface area contributed by atoms with Crippen LogP contribution in [0.2, 0.25) is 0 Å². The molecule has 2 heterocycles. The minimum absolute atomic E-state index is 0.0631. The van der Waals surface area contributed by atoms with Gasteiger partial charge >= 0.3 is 5.97 Å². The molecule has 0 fully saturated rings. The second kappa shape index (κ2) is 8.30. The Bertz CT molecular complexity index is 1170. The number of rotatable bonds is 4. The van der Waals surface area contributed by atoms with Gasteiger partial charge in [-0.15, -0.1) is 11.8 Å². The highest BCUT2D eigenvalue weighted by atomic mass is 32.2. The third-order valence-corrected chi connectivity index (χ3v) is 6.23. The lowest BCUT2D eigenvalue weighted by Gasteiger charge is -2.18. The predicted octanol–water partition coefficient (Wildman–Crippen LogP) is 3.11.